The summed E-state index contributed by atoms with van der Waals surface area (Å²) in [6.45, 7) is 4.16. The van der Waals surface area contributed by atoms with Crippen molar-refractivity contribution in [3.63, 3.8) is 0 Å². The highest BCUT2D eigenvalue weighted by molar-refractivity contribution is 5.79. The SMILES string of the molecule is Cc1ccc(CC(=O)NC2CCC(c3nn[nH]n3)CC2)cc1C. The van der Waals surface area contributed by atoms with Crippen LogP contribution >= 0.6 is 0 Å². The Balaban J connectivity index is 1.48. The summed E-state index contributed by atoms with van der Waals surface area (Å²) >= 11 is 0. The lowest BCUT2D eigenvalue weighted by atomic mass is 9.85. The summed E-state index contributed by atoms with van der Waals surface area (Å²) in [7, 11) is 0. The molecule has 0 saturated heterocycles. The second-order valence-corrected chi connectivity index (χ2v) is 6.48. The lowest BCUT2D eigenvalue weighted by molar-refractivity contribution is -0.121. The summed E-state index contributed by atoms with van der Waals surface area (Å²) < 4.78 is 0. The minimum Gasteiger partial charge on any atom is -0.353 e. The fraction of sp³-hybridized carbons (Fsp3) is 0.529. The Bertz CT molecular complexity index is 660. The average molecular weight is 313 g/mol. The number of carbonyl (C=O) groups excluding carboxylic acids is 1. The number of rotatable bonds is 4. The van der Waals surface area contributed by atoms with Crippen LogP contribution in [0, 0.1) is 13.8 Å². The van der Waals surface area contributed by atoms with E-state index in [1.54, 1.807) is 0 Å². The van der Waals surface area contributed by atoms with E-state index in [-0.39, 0.29) is 11.9 Å². The molecule has 6 heteroatoms. The van der Waals surface area contributed by atoms with Crippen molar-refractivity contribution in [2.24, 2.45) is 0 Å². The minimum atomic E-state index is 0.108. The molecule has 1 aliphatic rings. The van der Waals surface area contributed by atoms with Crippen molar-refractivity contribution in [3.8, 4) is 0 Å². The van der Waals surface area contributed by atoms with Crippen LogP contribution in [0.5, 0.6) is 0 Å². The molecule has 1 aliphatic carbocycles. The Kier molecular flexibility index (Phi) is 4.69. The Morgan fingerprint density at radius 2 is 2.00 bits per heavy atom. The van der Waals surface area contributed by atoms with Gasteiger partial charge in [0.25, 0.3) is 0 Å². The van der Waals surface area contributed by atoms with Gasteiger partial charge in [0.05, 0.1) is 6.42 Å². The second-order valence-electron chi connectivity index (χ2n) is 6.48. The number of hydrogen-bond donors (Lipinski definition) is 2. The van der Waals surface area contributed by atoms with Gasteiger partial charge in [-0.25, -0.2) is 0 Å². The molecule has 0 radical (unpaired) electrons. The first-order chi connectivity index (χ1) is 11.1. The summed E-state index contributed by atoms with van der Waals surface area (Å²) in [6.07, 6.45) is 4.38. The largest absolute Gasteiger partial charge is 0.353 e. The first-order valence-electron chi connectivity index (χ1n) is 8.20. The number of aryl methyl sites for hydroxylation is 2. The zero-order valence-electron chi connectivity index (χ0n) is 13.7. The number of nitrogens with zero attached hydrogens (tertiary/aromatic N) is 3. The quantitative estimate of drug-likeness (QED) is 0.906. The molecule has 1 saturated carbocycles. The number of amides is 1. The van der Waals surface area contributed by atoms with E-state index >= 15 is 0 Å². The van der Waals surface area contributed by atoms with E-state index in [2.05, 4.69) is 51.9 Å². The summed E-state index contributed by atoms with van der Waals surface area (Å²) in [5, 5.41) is 17.4. The van der Waals surface area contributed by atoms with Crippen LogP contribution in [0.25, 0.3) is 0 Å². The van der Waals surface area contributed by atoms with Gasteiger partial charge in [-0.2, -0.15) is 5.21 Å². The third-order valence-corrected chi connectivity index (χ3v) is 4.76. The Hall–Kier alpha value is -2.24. The van der Waals surface area contributed by atoms with Gasteiger partial charge in [-0.15, -0.1) is 10.2 Å². The third kappa shape index (κ3) is 3.94. The van der Waals surface area contributed by atoms with Crippen LogP contribution < -0.4 is 5.32 Å². The van der Waals surface area contributed by atoms with Crippen LogP contribution in [0.1, 0.15) is 54.1 Å². The van der Waals surface area contributed by atoms with E-state index < -0.39 is 0 Å². The molecule has 0 bridgehead atoms. The molecule has 2 N–H and O–H groups in total. The smallest absolute Gasteiger partial charge is 0.224 e. The highest BCUT2D eigenvalue weighted by Gasteiger charge is 2.25. The summed E-state index contributed by atoms with van der Waals surface area (Å²) in [4.78, 5) is 12.2. The summed E-state index contributed by atoms with van der Waals surface area (Å²) in [5.74, 6) is 1.27. The summed E-state index contributed by atoms with van der Waals surface area (Å²) in [5.41, 5.74) is 3.57. The fourth-order valence-electron chi connectivity index (χ4n) is 3.22. The normalized spacial score (nSPS) is 21.1. The predicted molar refractivity (Wildman–Crippen MR) is 86.9 cm³/mol. The van der Waals surface area contributed by atoms with Gasteiger partial charge in [0, 0.05) is 12.0 Å². The predicted octanol–water partition coefficient (Wildman–Crippen LogP) is 2.20. The van der Waals surface area contributed by atoms with Crippen molar-refractivity contribution in [3.05, 3.63) is 40.7 Å². The first kappa shape index (κ1) is 15.6. The van der Waals surface area contributed by atoms with Gasteiger partial charge in [0.2, 0.25) is 5.91 Å². The topological polar surface area (TPSA) is 83.6 Å². The van der Waals surface area contributed by atoms with Crippen molar-refractivity contribution < 1.29 is 4.79 Å². The second kappa shape index (κ2) is 6.89. The number of tetrazole rings is 1. The van der Waals surface area contributed by atoms with Crippen molar-refractivity contribution in [2.45, 2.75) is 57.9 Å². The molecule has 0 unspecified atom stereocenters. The number of aromatic amines is 1. The molecule has 1 amide bonds. The van der Waals surface area contributed by atoms with E-state index in [1.165, 1.54) is 11.1 Å². The van der Waals surface area contributed by atoms with E-state index in [9.17, 15) is 4.79 Å². The number of nitrogens with one attached hydrogen (secondary N) is 2. The molecular weight excluding hydrogens is 290 g/mol. The lowest BCUT2D eigenvalue weighted by Crippen LogP contribution is -2.38. The highest BCUT2D eigenvalue weighted by Crippen LogP contribution is 2.30. The van der Waals surface area contributed by atoms with E-state index in [0.29, 0.717) is 12.3 Å². The standard InChI is InChI=1S/C17H23N5O/c1-11-3-4-13(9-12(11)2)10-16(23)18-15-7-5-14(6-8-15)17-19-21-22-20-17/h3-4,9,14-15H,5-8,10H2,1-2H3,(H,18,23)(H,19,20,21,22). The van der Waals surface area contributed by atoms with Gasteiger partial charge in [0.15, 0.2) is 5.82 Å². The summed E-state index contributed by atoms with van der Waals surface area (Å²) in [6, 6.07) is 6.47. The highest BCUT2D eigenvalue weighted by atomic mass is 16.1. The maximum Gasteiger partial charge on any atom is 0.224 e. The van der Waals surface area contributed by atoms with Gasteiger partial charge in [-0.3, -0.25) is 4.79 Å². The number of aromatic nitrogens is 4. The third-order valence-electron chi connectivity index (χ3n) is 4.76. The van der Waals surface area contributed by atoms with Crippen LogP contribution in [0.3, 0.4) is 0 Å². The molecule has 1 aromatic heterocycles. The van der Waals surface area contributed by atoms with Crippen molar-refractivity contribution in [1.82, 2.24) is 25.9 Å². The maximum atomic E-state index is 12.2. The van der Waals surface area contributed by atoms with Gasteiger partial charge in [-0.05, 0) is 56.2 Å². The van der Waals surface area contributed by atoms with E-state index in [0.717, 1.165) is 37.1 Å². The van der Waals surface area contributed by atoms with Crippen LogP contribution in [-0.4, -0.2) is 32.6 Å². The van der Waals surface area contributed by atoms with Gasteiger partial charge in [-0.1, -0.05) is 23.4 Å². The molecule has 1 fully saturated rings. The average Bonchev–Trinajstić information content (AvgIpc) is 3.06. The Morgan fingerprint density at radius 3 is 2.65 bits per heavy atom. The minimum absolute atomic E-state index is 0.108. The van der Waals surface area contributed by atoms with Crippen LogP contribution in [0.15, 0.2) is 18.2 Å². The van der Waals surface area contributed by atoms with Crippen LogP contribution in [0.4, 0.5) is 0 Å². The van der Waals surface area contributed by atoms with Crippen LogP contribution in [0.2, 0.25) is 0 Å². The fourth-order valence-corrected chi connectivity index (χ4v) is 3.22. The molecule has 1 aromatic carbocycles. The van der Waals surface area contributed by atoms with E-state index in [1.807, 2.05) is 6.07 Å². The van der Waals surface area contributed by atoms with Crippen molar-refractivity contribution in [1.29, 1.82) is 0 Å². The zero-order chi connectivity index (χ0) is 16.2. The number of benzene rings is 1. The molecular formula is C17H23N5O. The van der Waals surface area contributed by atoms with E-state index in [4.69, 9.17) is 0 Å². The number of H-pyrrole nitrogens is 1. The molecule has 0 spiro atoms. The maximum absolute atomic E-state index is 12.2. The monoisotopic (exact) mass is 313 g/mol. The number of carbonyl (C=O) groups is 1. The Labute approximate surface area is 136 Å². The molecule has 122 valence electrons. The molecule has 3 rings (SSSR count). The zero-order valence-corrected chi connectivity index (χ0v) is 13.7. The molecule has 0 aliphatic heterocycles. The lowest BCUT2D eigenvalue weighted by Gasteiger charge is -2.27. The van der Waals surface area contributed by atoms with Gasteiger partial charge < -0.3 is 5.32 Å². The van der Waals surface area contributed by atoms with Gasteiger partial charge in [0.1, 0.15) is 0 Å². The van der Waals surface area contributed by atoms with Crippen molar-refractivity contribution in [2.75, 3.05) is 0 Å². The molecule has 2 aromatic rings. The molecule has 6 nitrogen and oxygen atoms in total. The van der Waals surface area contributed by atoms with Crippen LogP contribution in [-0.2, 0) is 11.2 Å². The first-order valence-corrected chi connectivity index (χ1v) is 8.20. The molecule has 23 heavy (non-hydrogen) atoms. The van der Waals surface area contributed by atoms with Crippen molar-refractivity contribution >= 4 is 5.91 Å². The Morgan fingerprint density at radius 1 is 1.22 bits per heavy atom. The molecule has 0 atom stereocenters. The van der Waals surface area contributed by atoms with Gasteiger partial charge >= 0.3 is 0 Å². The number of hydrogen-bond acceptors (Lipinski definition) is 4. The molecule has 1 heterocycles.